The molecule has 1 saturated carbocycles. The average molecular weight is 1020 g/mol. The highest BCUT2D eigenvalue weighted by Crippen LogP contribution is 2.60. The predicted octanol–water partition coefficient (Wildman–Crippen LogP) is 18.7. The molecule has 4 aliphatic carbocycles. The summed E-state index contributed by atoms with van der Waals surface area (Å²) < 4.78 is 2.89. The van der Waals surface area contributed by atoms with Gasteiger partial charge in [0.2, 0.25) is 0 Å². The van der Waals surface area contributed by atoms with E-state index in [4.69, 9.17) is 0 Å². The maximum atomic E-state index is 2.84. The number of hydrogen-bond acceptors (Lipinski definition) is 3. The van der Waals surface area contributed by atoms with E-state index in [2.05, 4.69) is 258 Å². The third-order valence-electron chi connectivity index (χ3n) is 19.8. The normalized spacial score (nSPS) is 21.0. The summed E-state index contributed by atoms with van der Waals surface area (Å²) in [6.45, 7) is 36.6. The van der Waals surface area contributed by atoms with Crippen molar-refractivity contribution in [3.8, 4) is 22.3 Å². The van der Waals surface area contributed by atoms with Gasteiger partial charge in [-0.3, -0.25) is 0 Å². The Morgan fingerprint density at radius 2 is 0.908 bits per heavy atom. The number of rotatable bonds is 4. The molecule has 0 N–H and O–H groups in total. The molecule has 4 heteroatoms. The van der Waals surface area contributed by atoms with Crippen LogP contribution in [-0.2, 0) is 37.9 Å². The van der Waals surface area contributed by atoms with Crippen LogP contribution in [0, 0.1) is 0 Å². The number of fused-ring (bicyclic) bond motifs is 9. The first kappa shape index (κ1) is 49.7. The highest BCUT2D eigenvalue weighted by molar-refractivity contribution is 7.33. The van der Waals surface area contributed by atoms with E-state index in [1.807, 2.05) is 0 Å². The first-order chi connectivity index (χ1) is 35.8. The van der Waals surface area contributed by atoms with Gasteiger partial charge in [-0.2, -0.15) is 0 Å². The van der Waals surface area contributed by atoms with Crippen LogP contribution < -0.4 is 25.5 Å². The molecular formula is C72H79BN2S. The zero-order valence-corrected chi connectivity index (χ0v) is 49.1. The Morgan fingerprint density at radius 3 is 1.46 bits per heavy atom. The van der Waals surface area contributed by atoms with Crippen molar-refractivity contribution < 1.29 is 0 Å². The van der Waals surface area contributed by atoms with E-state index in [1.54, 1.807) is 11.1 Å². The molecule has 2 aliphatic heterocycles. The second-order valence-electron chi connectivity index (χ2n) is 29.0. The summed E-state index contributed by atoms with van der Waals surface area (Å²) in [7, 11) is 0. The SMILES string of the molecule is CC(C)(C)c1ccc2c(c1)B1c3sc4cc5c(cc4c3N(c3cc4c(cc3-c3ccccc3)C(C)(C)CCC4(C)C)c3cc(C(C)(C)C)cc(c31)N2c1ccc(C(C)(C)C)cc1-c1ccccc1)C1(C)CCC5(C)CC1. The lowest BCUT2D eigenvalue weighted by Crippen LogP contribution is -2.60. The van der Waals surface area contributed by atoms with Crippen LogP contribution in [0.3, 0.4) is 0 Å². The summed E-state index contributed by atoms with van der Waals surface area (Å²) >= 11 is 2.09. The Morgan fingerprint density at radius 1 is 0.421 bits per heavy atom. The topological polar surface area (TPSA) is 6.48 Å². The first-order valence-electron chi connectivity index (χ1n) is 28.7. The van der Waals surface area contributed by atoms with E-state index < -0.39 is 0 Å². The van der Waals surface area contributed by atoms with Gasteiger partial charge in [0.25, 0.3) is 6.71 Å². The van der Waals surface area contributed by atoms with Gasteiger partial charge < -0.3 is 9.80 Å². The van der Waals surface area contributed by atoms with Gasteiger partial charge in [-0.05, 0) is 192 Å². The van der Waals surface area contributed by atoms with Gasteiger partial charge in [-0.1, -0.05) is 183 Å². The molecule has 1 aromatic heterocycles. The Labute approximate surface area is 460 Å². The molecule has 7 aromatic carbocycles. The molecule has 0 amide bonds. The molecule has 0 unspecified atom stereocenters. The van der Waals surface area contributed by atoms with Crippen molar-refractivity contribution in [1.29, 1.82) is 0 Å². The van der Waals surface area contributed by atoms with Crippen LogP contribution in [0.4, 0.5) is 34.1 Å². The number of nitrogens with zero attached hydrogens (tertiary/aromatic N) is 2. The van der Waals surface area contributed by atoms with Crippen LogP contribution in [0.2, 0.25) is 0 Å². The largest absolute Gasteiger partial charge is 0.311 e. The predicted molar refractivity (Wildman–Crippen MR) is 331 cm³/mol. The molecule has 14 rings (SSSR count). The third-order valence-corrected chi connectivity index (χ3v) is 21.0. The zero-order valence-electron chi connectivity index (χ0n) is 48.3. The number of thiophene rings is 1. The fraction of sp³-hybridized carbons (Fsp3) is 0.389. The van der Waals surface area contributed by atoms with E-state index >= 15 is 0 Å². The van der Waals surface area contributed by atoms with Gasteiger partial charge in [0.15, 0.2) is 0 Å². The van der Waals surface area contributed by atoms with Crippen LogP contribution in [-0.4, -0.2) is 6.71 Å². The minimum absolute atomic E-state index is 0.00781. The Balaban J connectivity index is 1.22. The van der Waals surface area contributed by atoms with Crippen molar-refractivity contribution in [2.45, 2.75) is 180 Å². The van der Waals surface area contributed by atoms with Crippen LogP contribution in [0.25, 0.3) is 32.3 Å². The maximum absolute atomic E-state index is 2.84. The lowest BCUT2D eigenvalue weighted by molar-refractivity contribution is 0.188. The van der Waals surface area contributed by atoms with Crippen LogP contribution in [0.1, 0.15) is 181 Å². The fourth-order valence-electron chi connectivity index (χ4n) is 14.5. The van der Waals surface area contributed by atoms with Gasteiger partial charge in [-0.25, -0.2) is 0 Å². The average Bonchev–Trinajstić information content (AvgIpc) is 3.79. The molecular weight excluding hydrogens is 936 g/mol. The molecule has 1 fully saturated rings. The van der Waals surface area contributed by atoms with E-state index in [0.29, 0.717) is 0 Å². The minimum Gasteiger partial charge on any atom is -0.311 e. The highest BCUT2D eigenvalue weighted by Gasteiger charge is 2.51. The second kappa shape index (κ2) is 16.4. The van der Waals surface area contributed by atoms with Crippen molar-refractivity contribution >= 4 is 78.0 Å². The fourth-order valence-corrected chi connectivity index (χ4v) is 15.9. The molecule has 0 spiro atoms. The molecule has 76 heavy (non-hydrogen) atoms. The molecule has 0 radical (unpaired) electrons. The second-order valence-corrected chi connectivity index (χ2v) is 30.1. The number of benzene rings is 7. The van der Waals surface area contributed by atoms with Gasteiger partial charge in [-0.15, -0.1) is 11.3 Å². The number of anilines is 6. The quantitative estimate of drug-likeness (QED) is 0.162. The van der Waals surface area contributed by atoms with Crippen molar-refractivity contribution in [2.24, 2.45) is 0 Å². The lowest BCUT2D eigenvalue weighted by atomic mass is 9.36. The monoisotopic (exact) mass is 1010 g/mol. The van der Waals surface area contributed by atoms with Crippen LogP contribution in [0.5, 0.6) is 0 Å². The van der Waals surface area contributed by atoms with Crippen molar-refractivity contribution in [1.82, 2.24) is 0 Å². The molecule has 2 bridgehead atoms. The molecule has 0 saturated heterocycles. The van der Waals surface area contributed by atoms with E-state index in [-0.39, 0.29) is 44.6 Å². The Hall–Kier alpha value is -5.84. The summed E-state index contributed by atoms with van der Waals surface area (Å²) in [6, 6.07) is 53.5. The minimum atomic E-state index is -0.156. The third kappa shape index (κ3) is 7.45. The standard InChI is InChI=1S/C72H79BN2S/c1-66(2,3)46-26-28-57(49(36-46)44-22-18-16-19-23-44)74-58-29-27-47(67(4,5)6)37-56(58)73-63-60(74)38-48(68(7,8)9)39-61(63)75(64-51-41-54-55(43-62(51)76-65(64)73)72(15)34-32-71(54,14)33-35-72)59-42-53-52(69(10,11)30-31-70(53,12)13)40-50(59)45-24-20-17-21-25-45/h16-29,36-43H,30-35H2,1-15H3. The summed E-state index contributed by atoms with van der Waals surface area (Å²) in [4.78, 5) is 5.54. The molecule has 386 valence electrons. The van der Waals surface area contributed by atoms with E-state index in [1.165, 1.54) is 142 Å². The molecule has 2 nitrogen and oxygen atoms in total. The van der Waals surface area contributed by atoms with Gasteiger partial charge >= 0.3 is 0 Å². The molecule has 3 heterocycles. The van der Waals surface area contributed by atoms with Gasteiger partial charge in [0.1, 0.15) is 0 Å². The molecule has 6 aliphatic rings. The van der Waals surface area contributed by atoms with Gasteiger partial charge in [0.05, 0.1) is 17.1 Å². The summed E-state index contributed by atoms with van der Waals surface area (Å²) in [6.07, 6.45) is 7.39. The van der Waals surface area contributed by atoms with E-state index in [9.17, 15) is 0 Å². The Kier molecular flexibility index (Phi) is 10.7. The first-order valence-corrected chi connectivity index (χ1v) is 29.6. The van der Waals surface area contributed by atoms with Crippen molar-refractivity contribution in [3.05, 3.63) is 172 Å². The Bertz CT molecular complexity index is 3690. The zero-order chi connectivity index (χ0) is 53.4. The van der Waals surface area contributed by atoms with Crippen LogP contribution >= 0.6 is 11.3 Å². The maximum Gasteiger partial charge on any atom is 0.264 e. The van der Waals surface area contributed by atoms with Crippen LogP contribution in [0.15, 0.2) is 133 Å². The van der Waals surface area contributed by atoms with Gasteiger partial charge in [0, 0.05) is 43.1 Å². The number of hydrogen-bond donors (Lipinski definition) is 0. The van der Waals surface area contributed by atoms with Crippen molar-refractivity contribution in [3.63, 3.8) is 0 Å². The highest BCUT2D eigenvalue weighted by atomic mass is 32.1. The lowest BCUT2D eigenvalue weighted by Gasteiger charge is -2.52. The summed E-state index contributed by atoms with van der Waals surface area (Å²) in [5.74, 6) is 0. The summed E-state index contributed by atoms with van der Waals surface area (Å²) in [5, 5.41) is 1.42. The van der Waals surface area contributed by atoms with Crippen molar-refractivity contribution in [2.75, 3.05) is 9.80 Å². The molecule has 0 atom stereocenters. The molecule has 8 aromatic rings. The summed E-state index contributed by atoms with van der Waals surface area (Å²) in [5.41, 5.74) is 26.1. The van der Waals surface area contributed by atoms with E-state index in [0.717, 1.165) is 6.42 Å². The smallest absolute Gasteiger partial charge is 0.264 e.